The quantitative estimate of drug-likeness (QED) is 0.769. The van der Waals surface area contributed by atoms with Gasteiger partial charge in [0, 0.05) is 25.7 Å². The van der Waals surface area contributed by atoms with E-state index >= 15 is 0 Å². The van der Waals surface area contributed by atoms with Crippen LogP contribution in [-0.2, 0) is 4.79 Å². The minimum Gasteiger partial charge on any atom is -0.342 e. The van der Waals surface area contributed by atoms with Crippen molar-refractivity contribution in [1.29, 1.82) is 0 Å². The van der Waals surface area contributed by atoms with E-state index in [1.165, 1.54) is 32.1 Å². The summed E-state index contributed by atoms with van der Waals surface area (Å²) >= 11 is 0. The van der Waals surface area contributed by atoms with Gasteiger partial charge >= 0.3 is 0 Å². The number of carbonyl (C=O) groups excluding carboxylic acids is 1. The SMILES string of the molecule is CCNCC1CCCCN1CC(=O)N(C)C1CC1. The van der Waals surface area contributed by atoms with Gasteiger partial charge in [-0.15, -0.1) is 0 Å². The van der Waals surface area contributed by atoms with Gasteiger partial charge in [-0.2, -0.15) is 0 Å². The lowest BCUT2D eigenvalue weighted by atomic mass is 10.0. The molecule has 1 aliphatic heterocycles. The van der Waals surface area contributed by atoms with Gasteiger partial charge in [-0.3, -0.25) is 9.69 Å². The first-order valence-electron chi connectivity index (χ1n) is 7.42. The van der Waals surface area contributed by atoms with E-state index in [1.807, 2.05) is 11.9 Å². The Morgan fingerprint density at radius 3 is 2.78 bits per heavy atom. The van der Waals surface area contributed by atoms with Gasteiger partial charge in [-0.1, -0.05) is 13.3 Å². The second kappa shape index (κ2) is 6.53. The maximum atomic E-state index is 12.2. The van der Waals surface area contributed by atoms with Crippen molar-refractivity contribution in [2.75, 3.05) is 33.2 Å². The van der Waals surface area contributed by atoms with E-state index in [0.29, 0.717) is 24.5 Å². The van der Waals surface area contributed by atoms with Crippen molar-refractivity contribution in [3.05, 3.63) is 0 Å². The largest absolute Gasteiger partial charge is 0.342 e. The molecule has 1 amide bonds. The highest BCUT2D eigenvalue weighted by molar-refractivity contribution is 5.78. The number of nitrogens with one attached hydrogen (secondary N) is 1. The zero-order valence-electron chi connectivity index (χ0n) is 11.8. The predicted octanol–water partition coefficient (Wildman–Crippen LogP) is 1.07. The number of piperidine rings is 1. The summed E-state index contributed by atoms with van der Waals surface area (Å²) in [4.78, 5) is 16.5. The summed E-state index contributed by atoms with van der Waals surface area (Å²) < 4.78 is 0. The molecule has 1 N–H and O–H groups in total. The lowest BCUT2D eigenvalue weighted by molar-refractivity contribution is -0.132. The van der Waals surface area contributed by atoms with Crippen molar-refractivity contribution in [2.45, 2.75) is 51.1 Å². The Balaban J connectivity index is 1.82. The summed E-state index contributed by atoms with van der Waals surface area (Å²) in [5, 5.41) is 3.42. The van der Waals surface area contributed by atoms with Gasteiger partial charge < -0.3 is 10.2 Å². The molecule has 0 radical (unpaired) electrons. The van der Waals surface area contributed by atoms with Gasteiger partial charge in [-0.25, -0.2) is 0 Å². The summed E-state index contributed by atoms with van der Waals surface area (Å²) in [6.07, 6.45) is 6.17. The third-order valence-electron chi connectivity index (χ3n) is 4.21. The predicted molar refractivity (Wildman–Crippen MR) is 73.5 cm³/mol. The maximum absolute atomic E-state index is 12.2. The van der Waals surface area contributed by atoms with Crippen LogP contribution in [0.15, 0.2) is 0 Å². The molecular formula is C14H27N3O. The van der Waals surface area contributed by atoms with Crippen molar-refractivity contribution in [3.63, 3.8) is 0 Å². The van der Waals surface area contributed by atoms with Crippen LogP contribution >= 0.6 is 0 Å². The highest BCUT2D eigenvalue weighted by atomic mass is 16.2. The molecule has 0 aromatic heterocycles. The Bertz CT molecular complexity index is 278. The molecule has 1 atom stereocenters. The van der Waals surface area contributed by atoms with Gasteiger partial charge in [0.2, 0.25) is 5.91 Å². The van der Waals surface area contributed by atoms with E-state index in [-0.39, 0.29) is 0 Å². The van der Waals surface area contributed by atoms with Crippen LogP contribution in [0.25, 0.3) is 0 Å². The summed E-state index contributed by atoms with van der Waals surface area (Å²) in [7, 11) is 1.96. The molecule has 1 saturated carbocycles. The molecule has 104 valence electrons. The van der Waals surface area contributed by atoms with Crippen molar-refractivity contribution >= 4 is 5.91 Å². The van der Waals surface area contributed by atoms with Crippen molar-refractivity contribution in [3.8, 4) is 0 Å². The zero-order valence-corrected chi connectivity index (χ0v) is 11.8. The third-order valence-corrected chi connectivity index (χ3v) is 4.21. The average molecular weight is 253 g/mol. The Kier molecular flexibility index (Phi) is 5.01. The molecule has 0 aromatic rings. The fraction of sp³-hybridized carbons (Fsp3) is 0.929. The molecule has 2 aliphatic rings. The smallest absolute Gasteiger partial charge is 0.236 e. The first-order chi connectivity index (χ1) is 8.72. The molecule has 0 aromatic carbocycles. The van der Waals surface area contributed by atoms with E-state index < -0.39 is 0 Å². The van der Waals surface area contributed by atoms with Gasteiger partial charge in [-0.05, 0) is 38.8 Å². The molecule has 0 spiro atoms. The van der Waals surface area contributed by atoms with E-state index in [1.54, 1.807) is 0 Å². The minimum absolute atomic E-state index is 0.306. The first kappa shape index (κ1) is 13.8. The number of carbonyl (C=O) groups is 1. The zero-order chi connectivity index (χ0) is 13.0. The molecule has 18 heavy (non-hydrogen) atoms. The average Bonchev–Trinajstić information content (AvgIpc) is 3.21. The lowest BCUT2D eigenvalue weighted by Crippen LogP contribution is -2.49. The van der Waals surface area contributed by atoms with Crippen molar-refractivity contribution in [1.82, 2.24) is 15.1 Å². The molecule has 1 saturated heterocycles. The normalized spacial score (nSPS) is 25.1. The van der Waals surface area contributed by atoms with Gasteiger partial charge in [0.05, 0.1) is 6.54 Å². The fourth-order valence-corrected chi connectivity index (χ4v) is 2.76. The lowest BCUT2D eigenvalue weighted by Gasteiger charge is -2.36. The molecule has 4 heteroatoms. The highest BCUT2D eigenvalue weighted by Crippen LogP contribution is 2.26. The Morgan fingerprint density at radius 2 is 2.11 bits per heavy atom. The third kappa shape index (κ3) is 3.69. The van der Waals surface area contributed by atoms with Gasteiger partial charge in [0.15, 0.2) is 0 Å². The number of likely N-dealkylation sites (tertiary alicyclic amines) is 1. The van der Waals surface area contributed by atoms with E-state index in [9.17, 15) is 4.79 Å². The molecular weight excluding hydrogens is 226 g/mol. The summed E-state index contributed by atoms with van der Waals surface area (Å²) in [6.45, 7) is 5.87. The molecule has 2 rings (SSSR count). The van der Waals surface area contributed by atoms with Crippen LogP contribution in [0.4, 0.5) is 0 Å². The van der Waals surface area contributed by atoms with Crippen LogP contribution in [0.5, 0.6) is 0 Å². The molecule has 0 bridgehead atoms. The minimum atomic E-state index is 0.306. The topological polar surface area (TPSA) is 35.6 Å². The highest BCUT2D eigenvalue weighted by Gasteiger charge is 2.31. The number of hydrogen-bond donors (Lipinski definition) is 1. The number of likely N-dealkylation sites (N-methyl/N-ethyl adjacent to an activating group) is 2. The second-order valence-corrected chi connectivity index (χ2v) is 5.66. The van der Waals surface area contributed by atoms with Crippen molar-refractivity contribution < 1.29 is 4.79 Å². The molecule has 2 fully saturated rings. The van der Waals surface area contributed by atoms with E-state index in [4.69, 9.17) is 0 Å². The molecule has 4 nitrogen and oxygen atoms in total. The van der Waals surface area contributed by atoms with Crippen LogP contribution < -0.4 is 5.32 Å². The molecule has 1 aliphatic carbocycles. The second-order valence-electron chi connectivity index (χ2n) is 5.66. The van der Waals surface area contributed by atoms with Gasteiger partial charge in [0.1, 0.15) is 0 Å². The summed E-state index contributed by atoms with van der Waals surface area (Å²) in [6, 6.07) is 1.09. The molecule has 1 unspecified atom stereocenters. The first-order valence-corrected chi connectivity index (χ1v) is 7.42. The van der Waals surface area contributed by atoms with Crippen molar-refractivity contribution in [2.24, 2.45) is 0 Å². The molecule has 1 heterocycles. The van der Waals surface area contributed by atoms with Crippen LogP contribution in [-0.4, -0.2) is 61.0 Å². The summed E-state index contributed by atoms with van der Waals surface area (Å²) in [5.74, 6) is 0.306. The van der Waals surface area contributed by atoms with Gasteiger partial charge in [0.25, 0.3) is 0 Å². The Labute approximate surface area is 111 Å². The van der Waals surface area contributed by atoms with Crippen LogP contribution in [0, 0.1) is 0 Å². The number of amides is 1. The van der Waals surface area contributed by atoms with E-state index in [2.05, 4.69) is 17.1 Å². The Morgan fingerprint density at radius 1 is 1.33 bits per heavy atom. The summed E-state index contributed by atoms with van der Waals surface area (Å²) in [5.41, 5.74) is 0. The number of rotatable bonds is 6. The Hall–Kier alpha value is -0.610. The van der Waals surface area contributed by atoms with E-state index in [0.717, 1.165) is 19.6 Å². The van der Waals surface area contributed by atoms with Crippen LogP contribution in [0.2, 0.25) is 0 Å². The van der Waals surface area contributed by atoms with Crippen LogP contribution in [0.1, 0.15) is 39.0 Å². The monoisotopic (exact) mass is 253 g/mol. The fourth-order valence-electron chi connectivity index (χ4n) is 2.76. The maximum Gasteiger partial charge on any atom is 0.236 e. The number of hydrogen-bond acceptors (Lipinski definition) is 3. The standard InChI is InChI=1S/C14H27N3O/c1-3-15-10-13-6-4-5-9-17(13)11-14(18)16(2)12-7-8-12/h12-13,15H,3-11H2,1-2H3. The van der Waals surface area contributed by atoms with Crippen LogP contribution in [0.3, 0.4) is 0 Å². The number of nitrogens with zero attached hydrogens (tertiary/aromatic N) is 2.